The summed E-state index contributed by atoms with van der Waals surface area (Å²) in [5.41, 5.74) is 2.51. The smallest absolute Gasteiger partial charge is 0.291 e. The van der Waals surface area contributed by atoms with Crippen LogP contribution >= 0.6 is 11.3 Å². The summed E-state index contributed by atoms with van der Waals surface area (Å²) in [6.07, 6.45) is 8.29. The molecule has 7 heteroatoms. The SMILES string of the molecule is O=C(/C=C/c1csc(/C=C2\Oc3ccccc3NC2=O)c1)NCc1ccncc1. The number of fused-ring (bicyclic) bond motifs is 1. The van der Waals surface area contributed by atoms with Gasteiger partial charge in [-0.2, -0.15) is 0 Å². The second-order valence-electron chi connectivity index (χ2n) is 6.25. The van der Waals surface area contributed by atoms with Gasteiger partial charge in [-0.15, -0.1) is 11.3 Å². The fraction of sp³-hybridized carbons (Fsp3) is 0.0455. The van der Waals surface area contributed by atoms with Crippen LogP contribution in [0.1, 0.15) is 16.0 Å². The van der Waals surface area contributed by atoms with E-state index < -0.39 is 0 Å². The number of para-hydroxylation sites is 2. The van der Waals surface area contributed by atoms with E-state index in [9.17, 15) is 9.59 Å². The molecule has 6 nitrogen and oxygen atoms in total. The lowest BCUT2D eigenvalue weighted by atomic mass is 10.2. The largest absolute Gasteiger partial charge is 0.449 e. The lowest BCUT2D eigenvalue weighted by Gasteiger charge is -2.19. The predicted octanol–water partition coefficient (Wildman–Crippen LogP) is 3.84. The van der Waals surface area contributed by atoms with Crippen molar-refractivity contribution >= 4 is 41.0 Å². The van der Waals surface area contributed by atoms with E-state index in [1.54, 1.807) is 36.7 Å². The molecule has 0 atom stereocenters. The zero-order chi connectivity index (χ0) is 20.1. The van der Waals surface area contributed by atoms with Gasteiger partial charge in [0.2, 0.25) is 5.91 Å². The van der Waals surface area contributed by atoms with Gasteiger partial charge in [0, 0.05) is 36.0 Å². The second-order valence-corrected chi connectivity index (χ2v) is 7.19. The minimum atomic E-state index is -0.287. The maximum Gasteiger partial charge on any atom is 0.291 e. The summed E-state index contributed by atoms with van der Waals surface area (Å²) in [4.78, 5) is 29.0. The van der Waals surface area contributed by atoms with Crippen LogP contribution in [-0.4, -0.2) is 16.8 Å². The molecule has 1 aromatic carbocycles. The van der Waals surface area contributed by atoms with Crippen molar-refractivity contribution in [3.05, 3.63) is 88.1 Å². The molecular weight excluding hydrogens is 386 g/mol. The molecule has 4 rings (SSSR count). The number of aromatic nitrogens is 1. The Kier molecular flexibility index (Phi) is 5.49. The zero-order valence-corrected chi connectivity index (χ0v) is 16.1. The number of pyridine rings is 1. The first kappa shape index (κ1) is 18.6. The number of nitrogens with zero attached hydrogens (tertiary/aromatic N) is 1. The van der Waals surface area contributed by atoms with E-state index in [-0.39, 0.29) is 17.6 Å². The van der Waals surface area contributed by atoms with E-state index in [1.165, 1.54) is 17.4 Å². The van der Waals surface area contributed by atoms with Crippen LogP contribution in [0.3, 0.4) is 0 Å². The topological polar surface area (TPSA) is 80.3 Å². The van der Waals surface area contributed by atoms with Crippen LogP contribution in [0.25, 0.3) is 12.2 Å². The number of benzene rings is 1. The fourth-order valence-electron chi connectivity index (χ4n) is 2.68. The summed E-state index contributed by atoms with van der Waals surface area (Å²) in [5.74, 6) is 0.376. The van der Waals surface area contributed by atoms with Gasteiger partial charge in [0.15, 0.2) is 11.5 Å². The molecule has 2 aromatic heterocycles. The lowest BCUT2D eigenvalue weighted by molar-refractivity contribution is -0.116. The Labute approximate surface area is 171 Å². The van der Waals surface area contributed by atoms with Gasteiger partial charge in [0.25, 0.3) is 5.91 Å². The van der Waals surface area contributed by atoms with Crippen LogP contribution in [-0.2, 0) is 16.1 Å². The molecule has 0 aliphatic carbocycles. The first-order chi connectivity index (χ1) is 14.2. The molecule has 0 radical (unpaired) electrons. The van der Waals surface area contributed by atoms with Crippen molar-refractivity contribution in [2.45, 2.75) is 6.54 Å². The molecule has 1 aliphatic heterocycles. The third-order valence-corrected chi connectivity index (χ3v) is 5.03. The summed E-state index contributed by atoms with van der Waals surface area (Å²) in [6.45, 7) is 0.445. The number of hydrogen-bond donors (Lipinski definition) is 2. The summed E-state index contributed by atoms with van der Waals surface area (Å²) in [6, 6.07) is 12.9. The summed E-state index contributed by atoms with van der Waals surface area (Å²) >= 11 is 1.46. The highest BCUT2D eigenvalue weighted by molar-refractivity contribution is 7.11. The number of ether oxygens (including phenoxy) is 1. The quantitative estimate of drug-likeness (QED) is 0.634. The Morgan fingerprint density at radius 3 is 2.90 bits per heavy atom. The average molecular weight is 403 g/mol. The molecule has 1 aliphatic rings. The maximum absolute atomic E-state index is 12.2. The standard InChI is InChI=1S/C22H17N3O3S/c26-21(24-13-15-7-9-23-10-8-15)6-5-16-11-17(29-14-16)12-20-22(27)25-18-3-1-2-4-19(18)28-20/h1-12,14H,13H2,(H,24,26)(H,25,27)/b6-5+,20-12-. The van der Waals surface area contributed by atoms with Gasteiger partial charge in [-0.3, -0.25) is 14.6 Å². The van der Waals surface area contributed by atoms with Crippen LogP contribution < -0.4 is 15.4 Å². The summed E-state index contributed by atoms with van der Waals surface area (Å²) in [5, 5.41) is 7.54. The van der Waals surface area contributed by atoms with E-state index in [0.717, 1.165) is 16.0 Å². The van der Waals surface area contributed by atoms with Gasteiger partial charge in [0.05, 0.1) is 5.69 Å². The summed E-state index contributed by atoms with van der Waals surface area (Å²) < 4.78 is 5.70. The van der Waals surface area contributed by atoms with Crippen molar-refractivity contribution in [2.75, 3.05) is 5.32 Å². The van der Waals surface area contributed by atoms with Crippen LogP contribution in [0.2, 0.25) is 0 Å². The van der Waals surface area contributed by atoms with Crippen molar-refractivity contribution in [3.8, 4) is 5.75 Å². The molecule has 2 amide bonds. The van der Waals surface area contributed by atoms with E-state index >= 15 is 0 Å². The molecule has 29 heavy (non-hydrogen) atoms. The minimum absolute atomic E-state index is 0.181. The highest BCUT2D eigenvalue weighted by atomic mass is 32.1. The monoisotopic (exact) mass is 403 g/mol. The van der Waals surface area contributed by atoms with Crippen molar-refractivity contribution < 1.29 is 14.3 Å². The number of amides is 2. The molecule has 0 bridgehead atoms. The number of anilines is 1. The summed E-state index contributed by atoms with van der Waals surface area (Å²) in [7, 11) is 0. The van der Waals surface area contributed by atoms with E-state index in [4.69, 9.17) is 4.74 Å². The first-order valence-electron chi connectivity index (χ1n) is 8.91. The van der Waals surface area contributed by atoms with Crippen molar-refractivity contribution in [1.29, 1.82) is 0 Å². The molecule has 3 heterocycles. The van der Waals surface area contributed by atoms with Gasteiger partial charge in [-0.05, 0) is 52.9 Å². The minimum Gasteiger partial charge on any atom is -0.449 e. The predicted molar refractivity (Wildman–Crippen MR) is 113 cm³/mol. The molecule has 0 unspecified atom stereocenters. The van der Waals surface area contributed by atoms with Gasteiger partial charge < -0.3 is 15.4 Å². The first-order valence-corrected chi connectivity index (χ1v) is 9.78. The van der Waals surface area contributed by atoms with Crippen LogP contribution in [0.5, 0.6) is 5.75 Å². The molecule has 0 fully saturated rings. The van der Waals surface area contributed by atoms with E-state index in [0.29, 0.717) is 18.0 Å². The number of carbonyl (C=O) groups excluding carboxylic acids is 2. The van der Waals surface area contributed by atoms with Crippen LogP contribution in [0.4, 0.5) is 5.69 Å². The molecule has 0 spiro atoms. The van der Waals surface area contributed by atoms with Crippen LogP contribution in [0.15, 0.2) is 72.1 Å². The van der Waals surface area contributed by atoms with Crippen molar-refractivity contribution in [3.63, 3.8) is 0 Å². The van der Waals surface area contributed by atoms with E-state index in [2.05, 4.69) is 15.6 Å². The third kappa shape index (κ3) is 4.77. The number of rotatable bonds is 5. The Hall–Kier alpha value is -3.71. The number of carbonyl (C=O) groups is 2. The Morgan fingerprint density at radius 1 is 1.21 bits per heavy atom. The molecule has 0 saturated carbocycles. The maximum atomic E-state index is 12.2. The molecule has 2 N–H and O–H groups in total. The zero-order valence-electron chi connectivity index (χ0n) is 15.3. The van der Waals surface area contributed by atoms with Gasteiger partial charge in [-0.25, -0.2) is 0 Å². The molecule has 0 saturated heterocycles. The van der Waals surface area contributed by atoms with Crippen molar-refractivity contribution in [2.24, 2.45) is 0 Å². The lowest BCUT2D eigenvalue weighted by Crippen LogP contribution is -2.23. The number of thiophene rings is 1. The molecule has 144 valence electrons. The van der Waals surface area contributed by atoms with Crippen molar-refractivity contribution in [1.82, 2.24) is 10.3 Å². The van der Waals surface area contributed by atoms with E-state index in [1.807, 2.05) is 35.7 Å². The third-order valence-electron chi connectivity index (χ3n) is 4.14. The molecular formula is C22H17N3O3S. The van der Waals surface area contributed by atoms with Gasteiger partial charge >= 0.3 is 0 Å². The normalized spacial score (nSPS) is 14.3. The second kappa shape index (κ2) is 8.53. The van der Waals surface area contributed by atoms with Gasteiger partial charge in [-0.1, -0.05) is 12.1 Å². The Balaban J connectivity index is 1.38. The Morgan fingerprint density at radius 2 is 2.03 bits per heavy atom. The fourth-order valence-corrected chi connectivity index (χ4v) is 3.48. The number of nitrogens with one attached hydrogen (secondary N) is 2. The highest BCUT2D eigenvalue weighted by Gasteiger charge is 2.21. The highest BCUT2D eigenvalue weighted by Crippen LogP contribution is 2.31. The average Bonchev–Trinajstić information content (AvgIpc) is 3.19. The molecule has 3 aromatic rings. The van der Waals surface area contributed by atoms with Gasteiger partial charge in [0.1, 0.15) is 0 Å². The number of hydrogen-bond acceptors (Lipinski definition) is 5. The van der Waals surface area contributed by atoms with Crippen LogP contribution in [0, 0.1) is 0 Å². The Bertz CT molecular complexity index is 1100.